The Morgan fingerprint density at radius 1 is 1.27 bits per heavy atom. The number of aliphatic hydroxyl groups is 1. The smallest absolute Gasteiger partial charge is 0.248 e. The highest BCUT2D eigenvalue weighted by Gasteiger charge is 2.20. The summed E-state index contributed by atoms with van der Waals surface area (Å²) in [7, 11) is 0. The minimum absolute atomic E-state index is 0.351. The fraction of sp³-hybridized carbons (Fsp3) is 0.304. The monoisotopic (exact) mass is 407 g/mol. The lowest BCUT2D eigenvalue weighted by Crippen LogP contribution is -2.37. The second-order valence-corrected chi connectivity index (χ2v) is 7.55. The maximum atomic E-state index is 11.6. The normalized spacial score (nSPS) is 14.8. The maximum Gasteiger partial charge on any atom is 0.248 e. The van der Waals surface area contributed by atoms with Gasteiger partial charge in [0.05, 0.1) is 12.3 Å². The van der Waals surface area contributed by atoms with Crippen molar-refractivity contribution in [2.24, 2.45) is 5.73 Å². The van der Waals surface area contributed by atoms with Gasteiger partial charge in [-0.1, -0.05) is 24.3 Å². The molecular formula is C23H25N3O4. The Kier molecular flexibility index (Phi) is 6.11. The minimum Gasteiger partial charge on any atom is -0.486 e. The number of primary amides is 1. The van der Waals surface area contributed by atoms with Gasteiger partial charge >= 0.3 is 0 Å². The molecule has 2 aromatic carbocycles. The van der Waals surface area contributed by atoms with E-state index in [1.165, 1.54) is 17.5 Å². The fourth-order valence-electron chi connectivity index (χ4n) is 3.86. The van der Waals surface area contributed by atoms with Crippen LogP contribution < -0.4 is 10.5 Å². The first-order valence-corrected chi connectivity index (χ1v) is 9.98. The van der Waals surface area contributed by atoms with E-state index in [2.05, 4.69) is 22.0 Å². The topological polar surface area (TPSA) is 102 Å². The number of benzene rings is 2. The summed E-state index contributed by atoms with van der Waals surface area (Å²) in [6.45, 7) is 2.51. The van der Waals surface area contributed by atoms with Crippen LogP contribution in [0, 0.1) is 0 Å². The molecule has 1 aliphatic heterocycles. The zero-order valence-corrected chi connectivity index (χ0v) is 16.7. The Balaban J connectivity index is 1.33. The van der Waals surface area contributed by atoms with Crippen LogP contribution >= 0.6 is 0 Å². The van der Waals surface area contributed by atoms with Crippen LogP contribution in [-0.2, 0) is 26.0 Å². The van der Waals surface area contributed by atoms with Crippen molar-refractivity contribution in [3.63, 3.8) is 0 Å². The molecule has 30 heavy (non-hydrogen) atoms. The molecule has 3 N–H and O–H groups in total. The van der Waals surface area contributed by atoms with E-state index in [-0.39, 0.29) is 0 Å². The molecule has 2 heterocycles. The number of hydrogen-bond acceptors (Lipinski definition) is 6. The van der Waals surface area contributed by atoms with Gasteiger partial charge in [0.15, 0.2) is 12.2 Å². The number of nitrogens with two attached hydrogens (primary N) is 1. The lowest BCUT2D eigenvalue weighted by molar-refractivity contribution is 0.0989. The van der Waals surface area contributed by atoms with Crippen molar-refractivity contribution in [2.45, 2.75) is 32.1 Å². The van der Waals surface area contributed by atoms with E-state index in [4.69, 9.17) is 14.9 Å². The summed E-state index contributed by atoms with van der Waals surface area (Å²) in [5.74, 6) is 1.03. The lowest BCUT2D eigenvalue weighted by Gasteiger charge is -2.30. The van der Waals surface area contributed by atoms with Gasteiger partial charge in [-0.05, 0) is 41.3 Å². The molecule has 1 amide bonds. The van der Waals surface area contributed by atoms with Gasteiger partial charge < -0.3 is 20.0 Å². The van der Waals surface area contributed by atoms with Crippen LogP contribution in [0.3, 0.4) is 0 Å². The maximum absolute atomic E-state index is 11.6. The van der Waals surface area contributed by atoms with Gasteiger partial charge in [0, 0.05) is 31.6 Å². The molecule has 0 spiro atoms. The zero-order chi connectivity index (χ0) is 20.9. The van der Waals surface area contributed by atoms with Crippen LogP contribution in [0.4, 0.5) is 0 Å². The highest BCUT2D eigenvalue weighted by molar-refractivity contribution is 5.94. The number of aliphatic hydroxyl groups excluding tert-OH is 1. The molecule has 0 aliphatic carbocycles. The van der Waals surface area contributed by atoms with Crippen LogP contribution in [-0.4, -0.2) is 40.1 Å². The third kappa shape index (κ3) is 4.87. The standard InChI is InChI=1S/C23H25N3O4/c24-23(28)22-4-2-1-3-17(22)9-19(27)13-26-8-7-16-10-20(6-5-18(16)12-26)29-14-21-11-25-15-30-21/h1-6,10-11,15,19,27H,7-9,12-14H2,(H2,24,28)/t19-/m0/s1. The lowest BCUT2D eigenvalue weighted by atomic mass is 9.97. The van der Waals surface area contributed by atoms with Crippen molar-refractivity contribution >= 4 is 5.91 Å². The minimum atomic E-state index is -0.573. The molecule has 3 aromatic rings. The van der Waals surface area contributed by atoms with Crippen molar-refractivity contribution in [2.75, 3.05) is 13.1 Å². The van der Waals surface area contributed by atoms with Gasteiger partial charge in [-0.3, -0.25) is 9.69 Å². The van der Waals surface area contributed by atoms with Crippen molar-refractivity contribution in [1.82, 2.24) is 9.88 Å². The van der Waals surface area contributed by atoms with Crippen molar-refractivity contribution in [1.29, 1.82) is 0 Å². The summed E-state index contributed by atoms with van der Waals surface area (Å²) >= 11 is 0. The van der Waals surface area contributed by atoms with Gasteiger partial charge in [0.2, 0.25) is 5.91 Å². The van der Waals surface area contributed by atoms with E-state index in [0.717, 1.165) is 30.8 Å². The summed E-state index contributed by atoms with van der Waals surface area (Å²) < 4.78 is 11.0. The first-order valence-electron chi connectivity index (χ1n) is 9.98. The molecule has 0 fully saturated rings. The summed E-state index contributed by atoms with van der Waals surface area (Å²) in [6.07, 6.45) is 3.75. The summed E-state index contributed by atoms with van der Waals surface area (Å²) in [5.41, 5.74) is 9.18. The van der Waals surface area contributed by atoms with E-state index < -0.39 is 12.0 Å². The average molecular weight is 407 g/mol. The number of oxazole rings is 1. The number of nitrogens with zero attached hydrogens (tertiary/aromatic N) is 2. The number of amides is 1. The van der Waals surface area contributed by atoms with Gasteiger partial charge in [-0.25, -0.2) is 4.98 Å². The quantitative estimate of drug-likeness (QED) is 0.594. The predicted octanol–water partition coefficient (Wildman–Crippen LogP) is 2.31. The van der Waals surface area contributed by atoms with Crippen molar-refractivity contribution < 1.29 is 19.1 Å². The first-order chi connectivity index (χ1) is 14.6. The SMILES string of the molecule is NC(=O)c1ccccc1C[C@H](O)CN1CCc2cc(OCc3cnco3)ccc2C1. The molecule has 1 aliphatic rings. The summed E-state index contributed by atoms with van der Waals surface area (Å²) in [5, 5.41) is 10.6. The second-order valence-electron chi connectivity index (χ2n) is 7.55. The largest absolute Gasteiger partial charge is 0.486 e. The van der Waals surface area contributed by atoms with E-state index in [9.17, 15) is 9.90 Å². The van der Waals surface area contributed by atoms with Gasteiger partial charge in [0.1, 0.15) is 12.4 Å². The van der Waals surface area contributed by atoms with E-state index >= 15 is 0 Å². The number of fused-ring (bicyclic) bond motifs is 1. The highest BCUT2D eigenvalue weighted by atomic mass is 16.5. The number of ether oxygens (including phenoxy) is 1. The van der Waals surface area contributed by atoms with Crippen LogP contribution in [0.1, 0.15) is 32.8 Å². The van der Waals surface area contributed by atoms with Crippen LogP contribution in [0.25, 0.3) is 0 Å². The fourth-order valence-corrected chi connectivity index (χ4v) is 3.86. The second kappa shape index (κ2) is 9.11. The predicted molar refractivity (Wildman–Crippen MR) is 111 cm³/mol. The molecule has 0 saturated heterocycles. The molecule has 7 heteroatoms. The number of aromatic nitrogens is 1. The number of carbonyl (C=O) groups is 1. The van der Waals surface area contributed by atoms with E-state index in [1.807, 2.05) is 18.2 Å². The Morgan fingerprint density at radius 2 is 2.13 bits per heavy atom. The number of β-amino-alcohol motifs (C(OH)–C–C–N with tert-alkyl or cyclic N) is 1. The van der Waals surface area contributed by atoms with Gasteiger partial charge in [-0.15, -0.1) is 0 Å². The summed E-state index contributed by atoms with van der Waals surface area (Å²) in [4.78, 5) is 17.7. The molecular weight excluding hydrogens is 382 g/mol. The van der Waals surface area contributed by atoms with Gasteiger partial charge in [-0.2, -0.15) is 0 Å². The molecule has 0 saturated carbocycles. The Morgan fingerprint density at radius 3 is 2.93 bits per heavy atom. The Bertz CT molecular complexity index is 1000. The molecule has 156 valence electrons. The third-order valence-corrected chi connectivity index (χ3v) is 5.34. The Labute approximate surface area is 175 Å². The molecule has 1 aromatic heterocycles. The van der Waals surface area contributed by atoms with Crippen LogP contribution in [0.2, 0.25) is 0 Å². The summed E-state index contributed by atoms with van der Waals surface area (Å²) in [6, 6.07) is 13.3. The molecule has 4 rings (SSSR count). The van der Waals surface area contributed by atoms with E-state index in [0.29, 0.717) is 30.9 Å². The van der Waals surface area contributed by atoms with E-state index in [1.54, 1.807) is 18.3 Å². The number of rotatable bonds is 8. The van der Waals surface area contributed by atoms with Crippen molar-refractivity contribution in [3.05, 3.63) is 83.1 Å². The molecule has 0 bridgehead atoms. The molecule has 7 nitrogen and oxygen atoms in total. The van der Waals surface area contributed by atoms with Crippen LogP contribution in [0.15, 0.2) is 59.5 Å². The highest BCUT2D eigenvalue weighted by Crippen LogP contribution is 2.25. The van der Waals surface area contributed by atoms with Crippen molar-refractivity contribution in [3.8, 4) is 5.75 Å². The number of carbonyl (C=O) groups excluding carboxylic acids is 1. The molecule has 1 atom stereocenters. The average Bonchev–Trinajstić information content (AvgIpc) is 3.26. The molecule has 0 radical (unpaired) electrons. The van der Waals surface area contributed by atoms with Crippen LogP contribution in [0.5, 0.6) is 5.75 Å². The third-order valence-electron chi connectivity index (χ3n) is 5.34. The Hall–Kier alpha value is -3.16. The molecule has 0 unspecified atom stereocenters. The zero-order valence-electron chi connectivity index (χ0n) is 16.7. The number of hydrogen-bond donors (Lipinski definition) is 2. The first kappa shape index (κ1) is 20.1. The van der Waals surface area contributed by atoms with Gasteiger partial charge in [0.25, 0.3) is 0 Å².